The molecule has 0 aliphatic carbocycles. The Bertz CT molecular complexity index is 338. The Morgan fingerprint density at radius 2 is 2.54 bits per heavy atom. The van der Waals surface area contributed by atoms with Crippen LogP contribution in [0.2, 0.25) is 0 Å². The van der Waals surface area contributed by atoms with E-state index in [-0.39, 0.29) is 5.91 Å². The van der Waals surface area contributed by atoms with Crippen LogP contribution in [0.1, 0.15) is 21.7 Å². The van der Waals surface area contributed by atoms with Crippen LogP contribution in [0.4, 0.5) is 0 Å². The molecule has 1 aromatic heterocycles. The highest BCUT2D eigenvalue weighted by atomic mass is 32.1. The molecular formula is C9H10N2OS. The third-order valence-corrected chi connectivity index (χ3v) is 2.38. The summed E-state index contributed by atoms with van der Waals surface area (Å²) in [5.41, 5.74) is 0.681. The van der Waals surface area contributed by atoms with Gasteiger partial charge in [-0.15, -0.1) is 11.3 Å². The van der Waals surface area contributed by atoms with Gasteiger partial charge >= 0.3 is 0 Å². The van der Waals surface area contributed by atoms with Crippen LogP contribution in [0.3, 0.4) is 0 Å². The van der Waals surface area contributed by atoms with Gasteiger partial charge in [-0.1, -0.05) is 0 Å². The average molecular weight is 194 g/mol. The second-order valence-corrected chi connectivity index (χ2v) is 3.73. The normalized spacial score (nSPS) is 9.23. The van der Waals surface area contributed by atoms with Crippen LogP contribution < -0.4 is 5.32 Å². The predicted octanol–water partition coefficient (Wildman–Crippen LogP) is 1.70. The van der Waals surface area contributed by atoms with Gasteiger partial charge in [0.05, 0.1) is 18.1 Å². The Morgan fingerprint density at radius 3 is 3.08 bits per heavy atom. The molecule has 0 saturated heterocycles. The summed E-state index contributed by atoms with van der Waals surface area (Å²) in [5, 5.41) is 12.7. The van der Waals surface area contributed by atoms with Crippen molar-refractivity contribution in [2.45, 2.75) is 13.3 Å². The van der Waals surface area contributed by atoms with Gasteiger partial charge in [-0.2, -0.15) is 5.26 Å². The van der Waals surface area contributed by atoms with E-state index in [1.807, 2.05) is 24.4 Å². The fraction of sp³-hybridized carbons (Fsp3) is 0.333. The Kier molecular flexibility index (Phi) is 3.47. The number of aryl methyl sites for hydroxylation is 1. The molecule has 68 valence electrons. The highest BCUT2D eigenvalue weighted by Gasteiger charge is 2.05. The van der Waals surface area contributed by atoms with Crippen molar-refractivity contribution in [2.75, 3.05) is 6.54 Å². The van der Waals surface area contributed by atoms with E-state index in [4.69, 9.17) is 5.26 Å². The molecule has 1 heterocycles. The van der Waals surface area contributed by atoms with Crippen molar-refractivity contribution >= 4 is 17.2 Å². The van der Waals surface area contributed by atoms with Gasteiger partial charge in [-0.25, -0.2) is 0 Å². The lowest BCUT2D eigenvalue weighted by Crippen LogP contribution is -2.23. The van der Waals surface area contributed by atoms with Gasteiger partial charge in [0.2, 0.25) is 0 Å². The van der Waals surface area contributed by atoms with Gasteiger partial charge in [0.15, 0.2) is 0 Å². The van der Waals surface area contributed by atoms with Crippen LogP contribution in [0.15, 0.2) is 11.4 Å². The van der Waals surface area contributed by atoms with E-state index in [9.17, 15) is 4.79 Å². The number of nitriles is 1. The van der Waals surface area contributed by atoms with Crippen molar-refractivity contribution in [3.05, 3.63) is 21.9 Å². The van der Waals surface area contributed by atoms with Crippen LogP contribution in [-0.2, 0) is 0 Å². The van der Waals surface area contributed by atoms with Crippen LogP contribution in [0.25, 0.3) is 0 Å². The second-order valence-electron chi connectivity index (χ2n) is 2.61. The number of carbonyl (C=O) groups is 1. The minimum Gasteiger partial charge on any atom is -0.351 e. The summed E-state index contributed by atoms with van der Waals surface area (Å²) < 4.78 is 0. The maximum atomic E-state index is 11.3. The SMILES string of the molecule is Cc1cc(C(=O)NCCC#N)cs1. The number of thiophene rings is 1. The molecule has 0 aromatic carbocycles. The van der Waals surface area contributed by atoms with Gasteiger partial charge in [0.1, 0.15) is 0 Å². The summed E-state index contributed by atoms with van der Waals surface area (Å²) >= 11 is 1.55. The van der Waals surface area contributed by atoms with Crippen molar-refractivity contribution in [1.82, 2.24) is 5.32 Å². The van der Waals surface area contributed by atoms with Crippen LogP contribution >= 0.6 is 11.3 Å². The van der Waals surface area contributed by atoms with Crippen LogP contribution in [-0.4, -0.2) is 12.5 Å². The third kappa shape index (κ3) is 2.88. The molecule has 1 N–H and O–H groups in total. The van der Waals surface area contributed by atoms with Crippen molar-refractivity contribution in [3.63, 3.8) is 0 Å². The molecule has 1 amide bonds. The Balaban J connectivity index is 2.45. The largest absolute Gasteiger partial charge is 0.351 e. The first-order valence-corrected chi connectivity index (χ1v) is 4.82. The smallest absolute Gasteiger partial charge is 0.252 e. The minimum atomic E-state index is -0.0976. The number of hydrogen-bond acceptors (Lipinski definition) is 3. The van der Waals surface area contributed by atoms with E-state index >= 15 is 0 Å². The predicted molar refractivity (Wildman–Crippen MR) is 51.6 cm³/mol. The van der Waals surface area contributed by atoms with Gasteiger partial charge in [0.25, 0.3) is 5.91 Å². The van der Waals surface area contributed by atoms with Crippen molar-refractivity contribution in [1.29, 1.82) is 5.26 Å². The standard InChI is InChI=1S/C9H10N2OS/c1-7-5-8(6-13-7)9(12)11-4-2-3-10/h5-6H,2,4H2,1H3,(H,11,12). The molecule has 0 atom stereocenters. The maximum absolute atomic E-state index is 11.3. The molecule has 13 heavy (non-hydrogen) atoms. The minimum absolute atomic E-state index is 0.0976. The molecule has 0 spiro atoms. The zero-order valence-corrected chi connectivity index (χ0v) is 8.15. The molecule has 0 aliphatic heterocycles. The summed E-state index contributed by atoms with van der Waals surface area (Å²) in [4.78, 5) is 12.4. The Labute approximate surface area is 81.0 Å². The zero-order chi connectivity index (χ0) is 9.68. The summed E-state index contributed by atoms with van der Waals surface area (Å²) in [6, 6.07) is 3.81. The van der Waals surface area contributed by atoms with E-state index in [0.29, 0.717) is 18.5 Å². The van der Waals surface area contributed by atoms with Crippen LogP contribution in [0, 0.1) is 18.3 Å². The lowest BCUT2D eigenvalue weighted by Gasteiger charge is -1.98. The summed E-state index contributed by atoms with van der Waals surface area (Å²) in [6.45, 7) is 2.38. The van der Waals surface area contributed by atoms with E-state index in [1.54, 1.807) is 11.3 Å². The molecule has 1 aromatic rings. The number of amides is 1. The monoisotopic (exact) mass is 194 g/mol. The van der Waals surface area contributed by atoms with Crippen molar-refractivity contribution < 1.29 is 4.79 Å². The molecule has 1 rings (SSSR count). The van der Waals surface area contributed by atoms with Crippen molar-refractivity contribution in [2.24, 2.45) is 0 Å². The number of nitrogens with one attached hydrogen (secondary N) is 1. The second kappa shape index (κ2) is 4.63. The Morgan fingerprint density at radius 1 is 1.77 bits per heavy atom. The van der Waals surface area contributed by atoms with E-state index in [2.05, 4.69) is 5.32 Å². The van der Waals surface area contributed by atoms with E-state index < -0.39 is 0 Å². The topological polar surface area (TPSA) is 52.9 Å². The van der Waals surface area contributed by atoms with Gasteiger partial charge in [0, 0.05) is 16.8 Å². The number of nitrogens with zero attached hydrogens (tertiary/aromatic N) is 1. The zero-order valence-electron chi connectivity index (χ0n) is 7.33. The number of carbonyl (C=O) groups excluding carboxylic acids is 1. The lowest BCUT2D eigenvalue weighted by atomic mass is 10.3. The van der Waals surface area contributed by atoms with Gasteiger partial charge in [-0.05, 0) is 13.0 Å². The van der Waals surface area contributed by atoms with Crippen LogP contribution in [0.5, 0.6) is 0 Å². The molecule has 0 bridgehead atoms. The quantitative estimate of drug-likeness (QED) is 0.744. The first-order valence-electron chi connectivity index (χ1n) is 3.94. The first-order chi connectivity index (χ1) is 6.24. The fourth-order valence-electron chi connectivity index (χ4n) is 0.897. The summed E-state index contributed by atoms with van der Waals surface area (Å²) in [7, 11) is 0. The molecule has 0 aliphatic rings. The van der Waals surface area contributed by atoms with E-state index in [0.717, 1.165) is 4.88 Å². The fourth-order valence-corrected chi connectivity index (χ4v) is 1.58. The first kappa shape index (κ1) is 9.75. The maximum Gasteiger partial charge on any atom is 0.252 e. The summed E-state index contributed by atoms with van der Waals surface area (Å²) in [5.74, 6) is -0.0976. The molecular weight excluding hydrogens is 184 g/mol. The Hall–Kier alpha value is -1.34. The number of rotatable bonds is 3. The highest BCUT2D eigenvalue weighted by molar-refractivity contribution is 7.10. The highest BCUT2D eigenvalue weighted by Crippen LogP contribution is 2.12. The lowest BCUT2D eigenvalue weighted by molar-refractivity contribution is 0.0955. The van der Waals surface area contributed by atoms with Gasteiger partial charge < -0.3 is 5.32 Å². The average Bonchev–Trinajstić information content (AvgIpc) is 2.52. The third-order valence-electron chi connectivity index (χ3n) is 1.52. The molecule has 0 saturated carbocycles. The molecule has 0 radical (unpaired) electrons. The molecule has 3 nitrogen and oxygen atoms in total. The van der Waals surface area contributed by atoms with Crippen molar-refractivity contribution in [3.8, 4) is 6.07 Å². The molecule has 0 unspecified atom stereocenters. The van der Waals surface area contributed by atoms with Gasteiger partial charge in [-0.3, -0.25) is 4.79 Å². The number of hydrogen-bond donors (Lipinski definition) is 1. The summed E-state index contributed by atoms with van der Waals surface area (Å²) in [6.07, 6.45) is 0.356. The molecule has 0 fully saturated rings. The van der Waals surface area contributed by atoms with E-state index in [1.165, 1.54) is 0 Å². The molecule has 4 heteroatoms.